The van der Waals surface area contributed by atoms with Crippen LogP contribution in [0.3, 0.4) is 0 Å². The SMILES string of the molecule is CC1CC1NCC1Cc2cc(F)ccc2O1. The van der Waals surface area contributed by atoms with Crippen molar-refractivity contribution >= 4 is 0 Å². The van der Waals surface area contributed by atoms with Crippen LogP contribution < -0.4 is 10.1 Å². The molecule has 1 fully saturated rings. The third-order valence-electron chi connectivity index (χ3n) is 3.48. The summed E-state index contributed by atoms with van der Waals surface area (Å²) in [5.41, 5.74) is 0.996. The minimum absolute atomic E-state index is 0.171. The fraction of sp³-hybridized carbons (Fsp3) is 0.538. The summed E-state index contributed by atoms with van der Waals surface area (Å²) in [5, 5.41) is 3.48. The van der Waals surface area contributed by atoms with E-state index in [9.17, 15) is 4.39 Å². The average molecular weight is 221 g/mol. The molecule has 1 N–H and O–H groups in total. The Labute approximate surface area is 94.8 Å². The molecule has 3 rings (SSSR count). The maximum Gasteiger partial charge on any atom is 0.123 e. The number of hydrogen-bond acceptors (Lipinski definition) is 2. The highest BCUT2D eigenvalue weighted by molar-refractivity contribution is 5.37. The second kappa shape index (κ2) is 3.74. The normalized spacial score (nSPS) is 31.0. The van der Waals surface area contributed by atoms with E-state index in [1.54, 1.807) is 12.1 Å². The van der Waals surface area contributed by atoms with E-state index in [1.165, 1.54) is 12.5 Å². The van der Waals surface area contributed by atoms with Gasteiger partial charge in [0, 0.05) is 24.6 Å². The van der Waals surface area contributed by atoms with Gasteiger partial charge in [0.2, 0.25) is 0 Å². The van der Waals surface area contributed by atoms with Crippen molar-refractivity contribution in [2.75, 3.05) is 6.54 Å². The summed E-state index contributed by atoms with van der Waals surface area (Å²) >= 11 is 0. The molecule has 86 valence electrons. The predicted molar refractivity (Wildman–Crippen MR) is 60.1 cm³/mol. The standard InChI is InChI=1S/C13H16FNO/c1-8-4-12(8)15-7-11-6-9-5-10(14)2-3-13(9)16-11/h2-3,5,8,11-12,15H,4,6-7H2,1H3. The zero-order valence-corrected chi connectivity index (χ0v) is 9.37. The van der Waals surface area contributed by atoms with Crippen LogP contribution in [0.5, 0.6) is 5.75 Å². The Kier molecular flexibility index (Phi) is 2.36. The van der Waals surface area contributed by atoms with Gasteiger partial charge in [0.1, 0.15) is 17.7 Å². The number of nitrogens with one attached hydrogen (secondary N) is 1. The quantitative estimate of drug-likeness (QED) is 0.844. The molecule has 1 saturated carbocycles. The van der Waals surface area contributed by atoms with Gasteiger partial charge in [-0.25, -0.2) is 4.39 Å². The van der Waals surface area contributed by atoms with Crippen LogP contribution in [0.25, 0.3) is 0 Å². The lowest BCUT2D eigenvalue weighted by Gasteiger charge is -2.11. The molecule has 0 amide bonds. The van der Waals surface area contributed by atoms with Crippen LogP contribution in [-0.4, -0.2) is 18.7 Å². The summed E-state index contributed by atoms with van der Waals surface area (Å²) in [6, 6.07) is 5.43. The van der Waals surface area contributed by atoms with Crippen molar-refractivity contribution in [3.8, 4) is 5.75 Å². The summed E-state index contributed by atoms with van der Waals surface area (Å²) in [7, 11) is 0. The van der Waals surface area contributed by atoms with E-state index in [0.29, 0.717) is 6.04 Å². The van der Waals surface area contributed by atoms with E-state index in [2.05, 4.69) is 12.2 Å². The molecule has 0 spiro atoms. The van der Waals surface area contributed by atoms with Gasteiger partial charge in [0.25, 0.3) is 0 Å². The molecule has 16 heavy (non-hydrogen) atoms. The van der Waals surface area contributed by atoms with Gasteiger partial charge >= 0.3 is 0 Å². The lowest BCUT2D eigenvalue weighted by atomic mass is 10.1. The van der Waals surface area contributed by atoms with E-state index >= 15 is 0 Å². The number of fused-ring (bicyclic) bond motifs is 1. The maximum atomic E-state index is 13.0. The van der Waals surface area contributed by atoms with Gasteiger partial charge in [-0.2, -0.15) is 0 Å². The zero-order valence-electron chi connectivity index (χ0n) is 9.37. The zero-order chi connectivity index (χ0) is 11.1. The first kappa shape index (κ1) is 10.1. The molecular weight excluding hydrogens is 205 g/mol. The minimum atomic E-state index is -0.174. The highest BCUT2D eigenvalue weighted by Crippen LogP contribution is 2.31. The number of hydrogen-bond donors (Lipinski definition) is 1. The first-order chi connectivity index (χ1) is 7.72. The largest absolute Gasteiger partial charge is 0.488 e. The van der Waals surface area contributed by atoms with Gasteiger partial charge in [0.05, 0.1) is 0 Å². The fourth-order valence-corrected chi connectivity index (χ4v) is 2.29. The Morgan fingerprint density at radius 2 is 2.31 bits per heavy atom. The highest BCUT2D eigenvalue weighted by Gasteiger charge is 2.33. The van der Waals surface area contributed by atoms with Crippen molar-refractivity contribution < 1.29 is 9.13 Å². The summed E-state index contributed by atoms with van der Waals surface area (Å²) in [6.45, 7) is 3.11. The lowest BCUT2D eigenvalue weighted by molar-refractivity contribution is 0.226. The summed E-state index contributed by atoms with van der Waals surface area (Å²) in [5.74, 6) is 1.48. The third kappa shape index (κ3) is 1.92. The second-order valence-electron chi connectivity index (χ2n) is 4.92. The minimum Gasteiger partial charge on any atom is -0.488 e. The molecule has 3 atom stereocenters. The van der Waals surface area contributed by atoms with Crippen molar-refractivity contribution in [2.45, 2.75) is 31.9 Å². The second-order valence-corrected chi connectivity index (χ2v) is 4.92. The van der Waals surface area contributed by atoms with E-state index in [-0.39, 0.29) is 11.9 Å². The van der Waals surface area contributed by atoms with Crippen molar-refractivity contribution in [3.05, 3.63) is 29.6 Å². The Hall–Kier alpha value is -1.09. The van der Waals surface area contributed by atoms with Crippen LogP contribution in [0, 0.1) is 11.7 Å². The first-order valence-electron chi connectivity index (χ1n) is 5.91. The van der Waals surface area contributed by atoms with Crippen molar-refractivity contribution in [3.63, 3.8) is 0 Å². The van der Waals surface area contributed by atoms with Gasteiger partial charge in [-0.1, -0.05) is 6.92 Å². The molecule has 1 aliphatic carbocycles. The van der Waals surface area contributed by atoms with Gasteiger partial charge in [-0.3, -0.25) is 0 Å². The van der Waals surface area contributed by atoms with Crippen LogP contribution in [-0.2, 0) is 6.42 Å². The van der Waals surface area contributed by atoms with Crippen LogP contribution in [0.4, 0.5) is 4.39 Å². The monoisotopic (exact) mass is 221 g/mol. The number of benzene rings is 1. The Balaban J connectivity index is 1.58. The molecule has 1 aromatic carbocycles. The lowest BCUT2D eigenvalue weighted by Crippen LogP contribution is -2.32. The van der Waals surface area contributed by atoms with Gasteiger partial charge in [-0.15, -0.1) is 0 Å². The molecule has 1 heterocycles. The van der Waals surface area contributed by atoms with Crippen LogP contribution >= 0.6 is 0 Å². The van der Waals surface area contributed by atoms with E-state index in [4.69, 9.17) is 4.74 Å². The number of ether oxygens (including phenoxy) is 1. The average Bonchev–Trinajstić information content (AvgIpc) is 2.81. The van der Waals surface area contributed by atoms with Crippen molar-refractivity contribution in [1.29, 1.82) is 0 Å². The molecular formula is C13H16FNO. The predicted octanol–water partition coefficient (Wildman–Crippen LogP) is 2.13. The van der Waals surface area contributed by atoms with Crippen LogP contribution in [0.1, 0.15) is 18.9 Å². The molecule has 3 unspecified atom stereocenters. The smallest absolute Gasteiger partial charge is 0.123 e. The molecule has 0 aromatic heterocycles. The fourth-order valence-electron chi connectivity index (χ4n) is 2.29. The van der Waals surface area contributed by atoms with Crippen LogP contribution in [0.2, 0.25) is 0 Å². The Bertz CT molecular complexity index is 407. The van der Waals surface area contributed by atoms with Crippen LogP contribution in [0.15, 0.2) is 18.2 Å². The van der Waals surface area contributed by atoms with Gasteiger partial charge < -0.3 is 10.1 Å². The van der Waals surface area contributed by atoms with Crippen molar-refractivity contribution in [1.82, 2.24) is 5.32 Å². The highest BCUT2D eigenvalue weighted by atomic mass is 19.1. The van der Waals surface area contributed by atoms with Gasteiger partial charge in [0.15, 0.2) is 0 Å². The molecule has 0 radical (unpaired) electrons. The number of rotatable bonds is 3. The summed E-state index contributed by atoms with van der Waals surface area (Å²) in [6.07, 6.45) is 2.26. The van der Waals surface area contributed by atoms with E-state index < -0.39 is 0 Å². The molecule has 1 aliphatic heterocycles. The molecule has 0 bridgehead atoms. The topological polar surface area (TPSA) is 21.3 Å². The van der Waals surface area contributed by atoms with E-state index in [0.717, 1.165) is 30.2 Å². The first-order valence-corrected chi connectivity index (χ1v) is 5.91. The molecule has 2 aliphatic rings. The number of halogens is 1. The maximum absolute atomic E-state index is 13.0. The van der Waals surface area contributed by atoms with Crippen molar-refractivity contribution in [2.24, 2.45) is 5.92 Å². The molecule has 1 aromatic rings. The summed E-state index contributed by atoms with van der Waals surface area (Å²) in [4.78, 5) is 0. The Morgan fingerprint density at radius 1 is 1.50 bits per heavy atom. The molecule has 0 saturated heterocycles. The van der Waals surface area contributed by atoms with Gasteiger partial charge in [-0.05, 0) is 30.5 Å². The third-order valence-corrected chi connectivity index (χ3v) is 3.48. The molecule has 3 heteroatoms. The molecule has 2 nitrogen and oxygen atoms in total. The summed E-state index contributed by atoms with van der Waals surface area (Å²) < 4.78 is 18.7. The Morgan fingerprint density at radius 3 is 3.06 bits per heavy atom. The van der Waals surface area contributed by atoms with E-state index in [1.807, 2.05) is 0 Å².